The van der Waals surface area contributed by atoms with Crippen molar-refractivity contribution in [2.45, 2.75) is 31.7 Å². The Balaban J connectivity index is 1.44. The third-order valence-electron chi connectivity index (χ3n) is 6.11. The highest BCUT2D eigenvalue weighted by molar-refractivity contribution is 9.10. The third-order valence-corrected chi connectivity index (χ3v) is 7.37. The van der Waals surface area contributed by atoms with Crippen molar-refractivity contribution in [2.24, 2.45) is 5.92 Å². The Morgan fingerprint density at radius 1 is 1.29 bits per heavy atom. The molecule has 0 saturated carbocycles. The minimum absolute atomic E-state index is 0.157. The van der Waals surface area contributed by atoms with Crippen LogP contribution in [0.25, 0.3) is 0 Å². The van der Waals surface area contributed by atoms with E-state index in [2.05, 4.69) is 36.0 Å². The lowest BCUT2D eigenvalue weighted by Crippen LogP contribution is -2.48. The van der Waals surface area contributed by atoms with Crippen molar-refractivity contribution in [2.75, 3.05) is 59.7 Å². The maximum Gasteiger partial charge on any atom is 0.257 e. The zero-order chi connectivity index (χ0) is 22.5. The number of hydrogen-bond acceptors (Lipinski definition) is 6. The Morgan fingerprint density at radius 3 is 2.52 bits per heavy atom. The van der Waals surface area contributed by atoms with Crippen LogP contribution in [0.2, 0.25) is 0 Å². The zero-order valence-corrected chi connectivity index (χ0v) is 21.0. The van der Waals surface area contributed by atoms with E-state index in [-0.39, 0.29) is 17.8 Å². The van der Waals surface area contributed by atoms with Gasteiger partial charge in [0.05, 0.1) is 11.6 Å². The summed E-state index contributed by atoms with van der Waals surface area (Å²) in [6.45, 7) is 5.22. The van der Waals surface area contributed by atoms with Crippen molar-refractivity contribution in [3.8, 4) is 5.88 Å². The topological polar surface area (TPSA) is 87.0 Å². The SMILES string of the molecule is COc1nc(N)c(Br)cc1C(=O)NC1CCN(CC2CCN(C(=S)N(C)C)CC2)CC1. The first kappa shape index (κ1) is 24.0. The number of amides is 1. The van der Waals surface area contributed by atoms with Gasteiger partial charge in [0.2, 0.25) is 5.88 Å². The van der Waals surface area contributed by atoms with Crippen LogP contribution in [0.4, 0.5) is 5.82 Å². The van der Waals surface area contributed by atoms with E-state index in [1.54, 1.807) is 6.07 Å². The molecular weight excluding hydrogens is 480 g/mol. The fourth-order valence-electron chi connectivity index (χ4n) is 4.28. The highest BCUT2D eigenvalue weighted by Crippen LogP contribution is 2.26. The summed E-state index contributed by atoms with van der Waals surface area (Å²) >= 11 is 8.83. The van der Waals surface area contributed by atoms with Crippen LogP contribution in [0.1, 0.15) is 36.0 Å². The molecule has 3 heterocycles. The highest BCUT2D eigenvalue weighted by Gasteiger charge is 2.27. The molecule has 31 heavy (non-hydrogen) atoms. The van der Waals surface area contributed by atoms with Gasteiger partial charge < -0.3 is 30.5 Å². The summed E-state index contributed by atoms with van der Waals surface area (Å²) in [7, 11) is 5.51. The molecule has 2 aliphatic rings. The number of methoxy groups -OCH3 is 1. The minimum atomic E-state index is -0.173. The Hall–Kier alpha value is -1.65. The zero-order valence-electron chi connectivity index (χ0n) is 18.6. The second-order valence-corrected chi connectivity index (χ2v) is 9.79. The van der Waals surface area contributed by atoms with Crippen LogP contribution in [0.3, 0.4) is 0 Å². The minimum Gasteiger partial charge on any atom is -0.480 e. The molecule has 0 aromatic carbocycles. The van der Waals surface area contributed by atoms with Crippen LogP contribution in [-0.2, 0) is 0 Å². The lowest BCUT2D eigenvalue weighted by atomic mass is 9.95. The molecule has 2 aliphatic heterocycles. The van der Waals surface area contributed by atoms with Gasteiger partial charge in [0.15, 0.2) is 5.11 Å². The molecule has 10 heteroatoms. The number of nitrogens with two attached hydrogens (primary N) is 1. The number of piperidine rings is 2. The Labute approximate surface area is 198 Å². The smallest absolute Gasteiger partial charge is 0.257 e. The first-order valence-electron chi connectivity index (χ1n) is 10.8. The molecule has 0 atom stereocenters. The molecule has 0 radical (unpaired) electrons. The van der Waals surface area contributed by atoms with Gasteiger partial charge in [-0.2, -0.15) is 4.98 Å². The van der Waals surface area contributed by atoms with E-state index in [0.717, 1.165) is 56.6 Å². The van der Waals surface area contributed by atoms with Crippen LogP contribution < -0.4 is 15.8 Å². The maximum atomic E-state index is 12.8. The number of anilines is 1. The number of rotatable bonds is 5. The first-order chi connectivity index (χ1) is 14.8. The maximum absolute atomic E-state index is 12.8. The molecule has 1 aromatic rings. The van der Waals surface area contributed by atoms with E-state index >= 15 is 0 Å². The fourth-order valence-corrected chi connectivity index (χ4v) is 4.78. The summed E-state index contributed by atoms with van der Waals surface area (Å²) in [5.41, 5.74) is 6.19. The van der Waals surface area contributed by atoms with Gasteiger partial charge in [-0.3, -0.25) is 4.79 Å². The summed E-state index contributed by atoms with van der Waals surface area (Å²) in [5.74, 6) is 1.09. The molecule has 0 aliphatic carbocycles. The van der Waals surface area contributed by atoms with Crippen molar-refractivity contribution < 1.29 is 9.53 Å². The molecule has 1 amide bonds. The van der Waals surface area contributed by atoms with Crippen molar-refractivity contribution in [1.82, 2.24) is 25.0 Å². The quantitative estimate of drug-likeness (QED) is 0.580. The second-order valence-electron chi connectivity index (χ2n) is 8.57. The number of nitrogens with one attached hydrogen (secondary N) is 1. The first-order valence-corrected chi connectivity index (χ1v) is 12.0. The molecule has 0 spiro atoms. The van der Waals surface area contributed by atoms with Gasteiger partial charge in [-0.05, 0) is 65.8 Å². The lowest BCUT2D eigenvalue weighted by Gasteiger charge is -2.39. The van der Waals surface area contributed by atoms with Gasteiger partial charge >= 0.3 is 0 Å². The fraction of sp³-hybridized carbons (Fsp3) is 0.667. The van der Waals surface area contributed by atoms with Crippen LogP contribution in [0.15, 0.2) is 10.5 Å². The molecule has 0 bridgehead atoms. The number of ether oxygens (including phenoxy) is 1. The molecule has 3 N–H and O–H groups in total. The second kappa shape index (κ2) is 10.8. The molecule has 8 nitrogen and oxygen atoms in total. The standard InChI is InChI=1S/C21H33BrN6O2S/c1-26(2)21(31)28-10-4-14(5-11-28)13-27-8-6-15(7-9-27)24-19(29)16-12-17(22)18(23)25-20(16)30-3/h12,14-15H,4-11,13H2,1-3H3,(H2,23,25)(H,24,29). The number of aromatic nitrogens is 1. The molecule has 1 aromatic heterocycles. The van der Waals surface area contributed by atoms with E-state index in [1.165, 1.54) is 20.0 Å². The number of nitrogen functional groups attached to an aromatic ring is 1. The predicted octanol–water partition coefficient (Wildman–Crippen LogP) is 2.19. The predicted molar refractivity (Wildman–Crippen MR) is 130 cm³/mol. The monoisotopic (exact) mass is 512 g/mol. The number of thiocarbonyl (C=S) groups is 1. The lowest BCUT2D eigenvalue weighted by molar-refractivity contribution is 0.0894. The van der Waals surface area contributed by atoms with E-state index in [4.69, 9.17) is 22.7 Å². The summed E-state index contributed by atoms with van der Waals surface area (Å²) in [6, 6.07) is 1.82. The van der Waals surface area contributed by atoms with Crippen molar-refractivity contribution >= 4 is 45.0 Å². The highest BCUT2D eigenvalue weighted by atomic mass is 79.9. The van der Waals surface area contributed by atoms with E-state index < -0.39 is 0 Å². The molecular formula is C21H33BrN6O2S. The van der Waals surface area contributed by atoms with Gasteiger partial charge in [-0.25, -0.2) is 0 Å². The van der Waals surface area contributed by atoms with E-state index in [0.29, 0.717) is 15.9 Å². The number of carbonyl (C=O) groups excluding carboxylic acids is 1. The van der Waals surface area contributed by atoms with Gasteiger partial charge in [-0.15, -0.1) is 0 Å². The summed E-state index contributed by atoms with van der Waals surface area (Å²) < 4.78 is 5.82. The Kier molecular flexibility index (Phi) is 8.35. The van der Waals surface area contributed by atoms with Crippen molar-refractivity contribution in [3.05, 3.63) is 16.1 Å². The van der Waals surface area contributed by atoms with Gasteiger partial charge in [0.25, 0.3) is 5.91 Å². The Morgan fingerprint density at radius 2 is 1.94 bits per heavy atom. The number of likely N-dealkylation sites (tertiary alicyclic amines) is 2. The molecule has 2 fully saturated rings. The summed E-state index contributed by atoms with van der Waals surface area (Å²) in [6.07, 6.45) is 4.26. The van der Waals surface area contributed by atoms with Gasteiger partial charge in [0.1, 0.15) is 11.4 Å². The Bertz CT molecular complexity index is 792. The number of halogens is 1. The third kappa shape index (κ3) is 6.20. The van der Waals surface area contributed by atoms with Gasteiger partial charge in [-0.1, -0.05) is 0 Å². The summed E-state index contributed by atoms with van der Waals surface area (Å²) in [5, 5.41) is 4.08. The molecule has 3 rings (SSSR count). The van der Waals surface area contributed by atoms with Crippen LogP contribution in [0, 0.1) is 5.92 Å². The normalized spacial score (nSPS) is 18.6. The molecule has 172 valence electrons. The molecule has 2 saturated heterocycles. The number of carbonyl (C=O) groups is 1. The van der Waals surface area contributed by atoms with Crippen molar-refractivity contribution in [3.63, 3.8) is 0 Å². The van der Waals surface area contributed by atoms with E-state index in [1.807, 2.05) is 19.0 Å². The number of nitrogens with zero attached hydrogens (tertiary/aromatic N) is 4. The largest absolute Gasteiger partial charge is 0.480 e. The van der Waals surface area contributed by atoms with Gasteiger partial charge in [0, 0.05) is 52.9 Å². The van der Waals surface area contributed by atoms with Crippen LogP contribution >= 0.6 is 28.1 Å². The summed E-state index contributed by atoms with van der Waals surface area (Å²) in [4.78, 5) is 23.8. The number of pyridine rings is 1. The number of hydrogen-bond donors (Lipinski definition) is 2. The van der Waals surface area contributed by atoms with Crippen molar-refractivity contribution in [1.29, 1.82) is 0 Å². The molecule has 0 unspecified atom stereocenters. The van der Waals surface area contributed by atoms with E-state index in [9.17, 15) is 4.79 Å². The average molecular weight is 514 g/mol. The van der Waals surface area contributed by atoms with Crippen LogP contribution in [-0.4, -0.2) is 90.7 Å². The average Bonchev–Trinajstić information content (AvgIpc) is 2.76. The van der Waals surface area contributed by atoms with Crippen LogP contribution in [0.5, 0.6) is 5.88 Å².